The number of aliphatic hydroxyl groups is 2. The van der Waals surface area contributed by atoms with Crippen LogP contribution in [-0.2, 0) is 9.59 Å². The van der Waals surface area contributed by atoms with Gasteiger partial charge < -0.3 is 80.9 Å². The highest BCUT2D eigenvalue weighted by Gasteiger charge is 2.51. The van der Waals surface area contributed by atoms with Gasteiger partial charge in [-0.1, -0.05) is 118 Å². The minimum atomic E-state index is -0.657. The van der Waals surface area contributed by atoms with E-state index < -0.39 is 17.4 Å². The summed E-state index contributed by atoms with van der Waals surface area (Å²) in [6.07, 6.45) is 20.0. The van der Waals surface area contributed by atoms with E-state index in [-0.39, 0.29) is 43.3 Å². The average molecular weight is 2070 g/mol. The number of anilines is 8. The lowest BCUT2D eigenvalue weighted by Gasteiger charge is -2.52. The summed E-state index contributed by atoms with van der Waals surface area (Å²) in [4.78, 5) is 78.7. The fourth-order valence-electron chi connectivity index (χ4n) is 21.1. The van der Waals surface area contributed by atoms with Gasteiger partial charge in [-0.15, -0.1) is 0 Å². The zero-order chi connectivity index (χ0) is 94.2. The molecule has 2 saturated carbocycles. The Morgan fingerprint density at radius 1 is 0.406 bits per heavy atom. The van der Waals surface area contributed by atoms with Crippen molar-refractivity contribution in [2.45, 2.75) is 176 Å². The highest BCUT2D eigenvalue weighted by atomic mass is 79.9. The molecule has 26 nitrogen and oxygen atoms in total. The SMILES string of the molecule is Cc1ccc([C@@H](C)Nc2nc(N3CC([C@H]4CCCN(C5CC(C(=O)O)C5)C4)C3)ncc2Br)c(Cl)c1.Cc1ccc([C@@H](C)Nc2nc(N3CC([C@H]4CCCN(C5CC(C)(C(=O)O)C5)C4)C3)ncc2Cl)c(Cl)c1.Cc1ccc([C@@H](C)Nc2nc(N3CC([C@H]4CCCN(CCO)C4)C3)ncc2Br)c(Cl)c1.Cc1ccc([C@@H](C)Nc2nc(N3CC([C@H]4CCCN(CCO)C4)C3)ncc2Cl)c(Cl)c1. The molecule has 8 atom stereocenters. The first-order valence-electron chi connectivity index (χ1n) is 47.6. The molecule has 0 bridgehead atoms. The molecule has 8 aliphatic heterocycles. The molecule has 2 aliphatic carbocycles. The van der Waals surface area contributed by atoms with Crippen molar-refractivity contribution in [1.29, 1.82) is 0 Å². The third-order valence-corrected chi connectivity index (χ3v) is 32.6. The number of aliphatic carboxylic acids is 2. The summed E-state index contributed by atoms with van der Waals surface area (Å²) < 4.78 is 1.67. The lowest BCUT2D eigenvalue weighted by Crippen LogP contribution is -2.58. The maximum Gasteiger partial charge on any atom is 0.309 e. The maximum atomic E-state index is 11.5. The Balaban J connectivity index is 0.000000136. The number of aliphatic hydroxyl groups excluding tert-OH is 2. The van der Waals surface area contributed by atoms with E-state index in [1.807, 2.05) is 90.3 Å². The highest BCUT2D eigenvalue weighted by Crippen LogP contribution is 2.48. The Bertz CT molecular complexity index is 5170. The maximum absolute atomic E-state index is 11.5. The minimum absolute atomic E-state index is 0.00624. The largest absolute Gasteiger partial charge is 0.481 e. The topological polar surface area (TPSA) is 292 Å². The summed E-state index contributed by atoms with van der Waals surface area (Å²) in [5, 5.41) is 54.8. The molecule has 4 aromatic carbocycles. The van der Waals surface area contributed by atoms with Gasteiger partial charge in [0.25, 0.3) is 0 Å². The van der Waals surface area contributed by atoms with Gasteiger partial charge in [0.2, 0.25) is 23.8 Å². The first-order valence-corrected chi connectivity index (χ1v) is 51.5. The van der Waals surface area contributed by atoms with E-state index in [9.17, 15) is 30.0 Å². The van der Waals surface area contributed by atoms with Crippen molar-refractivity contribution in [3.8, 4) is 0 Å². The molecule has 0 amide bonds. The number of benzene rings is 4. The molecule has 10 aliphatic rings. The number of nitrogens with zero attached hydrogens (tertiary/aromatic N) is 16. The van der Waals surface area contributed by atoms with Crippen molar-refractivity contribution in [3.63, 3.8) is 0 Å². The second-order valence-electron chi connectivity index (χ2n) is 39.4. The summed E-state index contributed by atoms with van der Waals surface area (Å²) in [6, 6.07) is 25.2. The van der Waals surface area contributed by atoms with Gasteiger partial charge in [-0.3, -0.25) is 9.59 Å². The number of rotatable bonds is 28. The lowest BCUT2D eigenvalue weighted by atomic mass is 9.65. The third-order valence-electron chi connectivity index (χ3n) is 29.5. The Hall–Kier alpha value is -7.00. The Labute approximate surface area is 830 Å². The molecular weight excluding hydrogens is 1940 g/mol. The average Bonchev–Trinajstić information content (AvgIpc) is 0.757. The number of nitrogens with one attached hydrogen (secondary N) is 4. The van der Waals surface area contributed by atoms with Crippen molar-refractivity contribution < 1.29 is 30.0 Å². The van der Waals surface area contributed by atoms with Crippen LogP contribution in [0.4, 0.5) is 47.1 Å². The second kappa shape index (κ2) is 45.3. The van der Waals surface area contributed by atoms with Crippen molar-refractivity contribution >= 4 is 160 Å². The first-order chi connectivity index (χ1) is 63.8. The third kappa shape index (κ3) is 25.0. The van der Waals surface area contributed by atoms with Crippen LogP contribution < -0.4 is 40.9 Å². The lowest BCUT2D eigenvalue weighted by molar-refractivity contribution is -0.158. The number of aryl methyl sites for hydroxylation is 4. The Morgan fingerprint density at radius 3 is 1.01 bits per heavy atom. The predicted octanol–water partition coefficient (Wildman–Crippen LogP) is 20.0. The molecule has 0 radical (unpaired) electrons. The van der Waals surface area contributed by atoms with Crippen molar-refractivity contribution in [2.24, 2.45) is 58.7 Å². The summed E-state index contributed by atoms with van der Waals surface area (Å²) in [5.41, 5.74) is 8.11. The Kier molecular flexibility index (Phi) is 34.2. The van der Waals surface area contributed by atoms with E-state index >= 15 is 0 Å². The van der Waals surface area contributed by atoms with E-state index in [0.29, 0.717) is 93.0 Å². The van der Waals surface area contributed by atoms with Gasteiger partial charge >= 0.3 is 11.9 Å². The molecule has 8 saturated heterocycles. The van der Waals surface area contributed by atoms with Crippen LogP contribution in [0.25, 0.3) is 0 Å². The monoisotopic (exact) mass is 2060 g/mol. The van der Waals surface area contributed by atoms with Crippen molar-refractivity contribution in [3.05, 3.63) is 181 Å². The van der Waals surface area contributed by atoms with Crippen LogP contribution in [-0.4, -0.2) is 235 Å². The molecule has 8 aromatic rings. The number of carboxylic acids is 2. The molecule has 12 heterocycles. The predicted molar refractivity (Wildman–Crippen MR) is 543 cm³/mol. The van der Waals surface area contributed by atoms with Crippen LogP contribution in [0.15, 0.2) is 107 Å². The normalized spacial score (nSPS) is 24.2. The number of likely N-dealkylation sites (tertiary alicyclic amines) is 4. The van der Waals surface area contributed by atoms with Gasteiger partial charge in [0.1, 0.15) is 21.7 Å². The van der Waals surface area contributed by atoms with Gasteiger partial charge in [-0.2, -0.15) is 19.9 Å². The van der Waals surface area contributed by atoms with E-state index in [1.165, 1.54) is 51.4 Å². The van der Waals surface area contributed by atoms with Gasteiger partial charge in [-0.25, -0.2) is 19.9 Å². The van der Waals surface area contributed by atoms with Gasteiger partial charge in [-0.05, 0) is 314 Å². The number of aromatic nitrogens is 8. The first kappa shape index (κ1) is 100. The molecule has 8 N–H and O–H groups in total. The van der Waals surface area contributed by atoms with E-state index in [2.05, 4.69) is 169 Å². The van der Waals surface area contributed by atoms with Crippen LogP contribution >= 0.6 is 101 Å². The van der Waals surface area contributed by atoms with E-state index in [4.69, 9.17) is 89.5 Å². The summed E-state index contributed by atoms with van der Waals surface area (Å²) in [5.74, 6) is 9.58. The van der Waals surface area contributed by atoms with E-state index in [0.717, 1.165) is 241 Å². The number of halogens is 8. The van der Waals surface area contributed by atoms with Crippen molar-refractivity contribution in [2.75, 3.05) is 172 Å². The Morgan fingerprint density at radius 2 is 0.699 bits per heavy atom. The van der Waals surface area contributed by atoms with Gasteiger partial charge in [0.05, 0.1) is 70.1 Å². The highest BCUT2D eigenvalue weighted by molar-refractivity contribution is 9.11. The molecule has 0 unspecified atom stereocenters. The zero-order valence-electron chi connectivity index (χ0n) is 77.8. The van der Waals surface area contributed by atoms with Crippen LogP contribution in [0.3, 0.4) is 0 Å². The smallest absolute Gasteiger partial charge is 0.309 e. The molecule has 133 heavy (non-hydrogen) atoms. The summed E-state index contributed by atoms with van der Waals surface area (Å²) >= 11 is 45.8. The molecule has 718 valence electrons. The molecule has 10 fully saturated rings. The van der Waals surface area contributed by atoms with E-state index in [1.54, 1.807) is 12.4 Å². The number of hydrogen-bond acceptors (Lipinski definition) is 24. The summed E-state index contributed by atoms with van der Waals surface area (Å²) in [7, 11) is 0. The molecule has 18 rings (SSSR count). The number of hydrogen-bond donors (Lipinski definition) is 8. The van der Waals surface area contributed by atoms with Crippen LogP contribution in [0, 0.1) is 86.4 Å². The van der Waals surface area contributed by atoms with Crippen LogP contribution in [0.2, 0.25) is 30.1 Å². The number of piperidine rings is 4. The fraction of sp³-hybridized carbons (Fsp3) is 0.576. The standard InChI is InChI=1S/C27H35Cl2N5O2.C26H33BrClN5O2.C23H31BrClN5O.C23H31Cl2N5O/c1-16-6-7-21(22(28)9-16)17(2)31-24-23(29)12-30-26(32-24)34-14-19(15-34)18-5-4-8-33(13-18)20-10-27(3,11-20)25(35)36;1-15-5-6-21(23(28)8-15)16(2)30-24-22(27)11-29-26(31-24)33-13-19(14-33)17-4-3-7-32(12-17)20-9-18(10-20)25(34)35;1-15-5-6-19(21(25)10-15)16(2)27-22-20(24)11-26-23(28-22)30-13-18(14-30)17-4-3-7-29(12-17)8-9-31;1-15-5-6-19(20(24)10-15)16(2)27-22-21(25)11-26-23(28-22)30-13-18(14-30)17-4-3-7-29(12-17)8-9-31/h6-7,9,12,17-20H,4-5,8,10-11,13-15H2,1-3H3,(H,35,36)(H,30,31,32);5-6,8,11,16-20H,3-4,7,9-10,12-14H2,1-2H3,(H,34,35)(H,29,30,31);2*5-6,10-11,16-18,31H,3-4,7-9,12-14H2,1-2H3,(H,26,27,28)/t17-,18+,20?,27?;16-,17+,18?,20?;2*16-,17+/m1111/s1. The molecular formula is C99H130Br2Cl6N20O6. The fourth-order valence-corrected chi connectivity index (χ4v) is 23.6. The zero-order valence-corrected chi connectivity index (χ0v) is 85.5. The van der Waals surface area contributed by atoms with Gasteiger partial charge in [0, 0.05) is 136 Å². The second-order valence-corrected chi connectivity index (χ2v) is 43.6. The number of carbonyl (C=O) groups is 2. The van der Waals surface area contributed by atoms with Crippen LogP contribution in [0.1, 0.15) is 180 Å². The molecule has 34 heteroatoms. The molecule has 4 aromatic heterocycles. The van der Waals surface area contributed by atoms with Gasteiger partial charge in [0.15, 0.2) is 11.6 Å². The van der Waals surface area contributed by atoms with Crippen LogP contribution in [0.5, 0.6) is 0 Å². The molecule has 0 spiro atoms. The quantitative estimate of drug-likeness (QED) is 0.0226. The van der Waals surface area contributed by atoms with Crippen molar-refractivity contribution in [1.82, 2.24) is 59.5 Å². The number of carboxylic acid groups (broad SMARTS) is 2. The summed E-state index contributed by atoms with van der Waals surface area (Å²) in [6.45, 7) is 36.9. The number of β-amino-alcohol motifs (C(OH)–C–C–N with tert-alkyl or cyclic N) is 2. The minimum Gasteiger partial charge on any atom is -0.481 e.